The monoisotopic (exact) mass is 777 g/mol. The second-order valence-electron chi connectivity index (χ2n) is 16.4. The normalized spacial score (nSPS) is 12.0. The largest absolute Gasteiger partial charge is 0.462 e. The van der Waals surface area contributed by atoms with Gasteiger partial charge in [0.05, 0.1) is 0 Å². The van der Waals surface area contributed by atoms with Crippen LogP contribution in [0.5, 0.6) is 0 Å². The molecule has 0 radical (unpaired) electrons. The predicted molar refractivity (Wildman–Crippen MR) is 233 cm³/mol. The SMILES string of the molecule is CCCCCCCCCC/C=C\CCCCCCCCCC(=O)OCC(COC(=O)CCCCCCCCCCC)OC(=O)CCCCCCCCCCC. The number of allylic oxidation sites excluding steroid dienone is 2. The van der Waals surface area contributed by atoms with E-state index in [-0.39, 0.29) is 31.1 Å². The molecule has 0 saturated heterocycles. The highest BCUT2D eigenvalue weighted by Crippen LogP contribution is 2.15. The number of rotatable bonds is 44. The summed E-state index contributed by atoms with van der Waals surface area (Å²) in [5.41, 5.74) is 0. The van der Waals surface area contributed by atoms with Crippen molar-refractivity contribution in [2.75, 3.05) is 13.2 Å². The Morgan fingerprint density at radius 2 is 0.600 bits per heavy atom. The van der Waals surface area contributed by atoms with Crippen LogP contribution in [0.1, 0.15) is 265 Å². The Balaban J connectivity index is 4.20. The molecule has 0 aromatic rings. The van der Waals surface area contributed by atoms with Gasteiger partial charge in [-0.3, -0.25) is 14.4 Å². The molecule has 1 atom stereocenters. The van der Waals surface area contributed by atoms with Gasteiger partial charge in [-0.25, -0.2) is 0 Å². The van der Waals surface area contributed by atoms with Gasteiger partial charge in [-0.2, -0.15) is 0 Å². The zero-order chi connectivity index (χ0) is 40.1. The molecule has 0 aromatic heterocycles. The van der Waals surface area contributed by atoms with E-state index < -0.39 is 6.10 Å². The van der Waals surface area contributed by atoms with Crippen LogP contribution in [0.3, 0.4) is 0 Å². The second-order valence-corrected chi connectivity index (χ2v) is 16.4. The maximum absolute atomic E-state index is 12.7. The molecule has 0 aromatic carbocycles. The Labute approximate surface area is 341 Å². The summed E-state index contributed by atoms with van der Waals surface area (Å²) >= 11 is 0. The van der Waals surface area contributed by atoms with Crippen molar-refractivity contribution in [1.29, 1.82) is 0 Å². The zero-order valence-corrected chi connectivity index (χ0v) is 37.0. The molecule has 0 aliphatic rings. The van der Waals surface area contributed by atoms with Crippen LogP contribution >= 0.6 is 0 Å². The first-order valence-corrected chi connectivity index (χ1v) is 24.2. The predicted octanol–water partition coefficient (Wildman–Crippen LogP) is 15.4. The van der Waals surface area contributed by atoms with Crippen LogP contribution in [-0.2, 0) is 28.6 Å². The van der Waals surface area contributed by atoms with Gasteiger partial charge in [-0.15, -0.1) is 0 Å². The summed E-state index contributed by atoms with van der Waals surface area (Å²) in [7, 11) is 0. The van der Waals surface area contributed by atoms with Gasteiger partial charge in [0, 0.05) is 19.3 Å². The Bertz CT molecular complexity index is 854. The molecule has 0 spiro atoms. The first-order valence-electron chi connectivity index (χ1n) is 24.2. The van der Waals surface area contributed by atoms with Gasteiger partial charge in [0.15, 0.2) is 6.10 Å². The Hall–Kier alpha value is -1.85. The topological polar surface area (TPSA) is 78.9 Å². The lowest BCUT2D eigenvalue weighted by Crippen LogP contribution is -2.30. The molecular weight excluding hydrogens is 685 g/mol. The molecule has 0 aliphatic heterocycles. The molecule has 0 amide bonds. The molecule has 6 heteroatoms. The van der Waals surface area contributed by atoms with Crippen LogP contribution in [0.4, 0.5) is 0 Å². The molecule has 0 saturated carbocycles. The molecule has 0 fully saturated rings. The molecule has 1 unspecified atom stereocenters. The summed E-state index contributed by atoms with van der Waals surface area (Å²) < 4.78 is 16.7. The van der Waals surface area contributed by atoms with Gasteiger partial charge in [-0.05, 0) is 44.9 Å². The molecule has 0 heterocycles. The molecule has 0 N–H and O–H groups in total. The Kier molecular flexibility index (Phi) is 43.4. The first-order chi connectivity index (χ1) is 27.0. The number of hydrogen-bond donors (Lipinski definition) is 0. The van der Waals surface area contributed by atoms with Crippen molar-refractivity contribution >= 4 is 17.9 Å². The highest BCUT2D eigenvalue weighted by Gasteiger charge is 2.19. The standard InChI is InChI=1S/C49H92O6/c1-4-7-10-13-16-19-20-21-22-23-24-25-26-27-28-31-33-36-39-42-48(51)54-45-46(55-49(52)43-40-37-34-30-18-15-12-9-6-3)44-53-47(50)41-38-35-32-29-17-14-11-8-5-2/h23-24,46H,4-22,25-45H2,1-3H3/b24-23-. The number of carbonyl (C=O) groups is 3. The van der Waals surface area contributed by atoms with E-state index in [9.17, 15) is 14.4 Å². The van der Waals surface area contributed by atoms with E-state index in [1.807, 2.05) is 0 Å². The maximum Gasteiger partial charge on any atom is 0.306 e. The summed E-state index contributed by atoms with van der Waals surface area (Å²) in [4.78, 5) is 37.7. The summed E-state index contributed by atoms with van der Waals surface area (Å²) in [6.45, 7) is 6.61. The molecule has 0 rings (SSSR count). The number of ether oxygens (including phenoxy) is 3. The lowest BCUT2D eigenvalue weighted by molar-refractivity contribution is -0.167. The van der Waals surface area contributed by atoms with Crippen molar-refractivity contribution in [3.63, 3.8) is 0 Å². The van der Waals surface area contributed by atoms with E-state index in [2.05, 4.69) is 32.9 Å². The molecule has 0 aliphatic carbocycles. The third-order valence-electron chi connectivity index (χ3n) is 10.8. The minimum atomic E-state index is -0.762. The summed E-state index contributed by atoms with van der Waals surface area (Å²) in [6.07, 6.45) is 47.8. The summed E-state index contributed by atoms with van der Waals surface area (Å²) in [5, 5.41) is 0. The smallest absolute Gasteiger partial charge is 0.306 e. The average Bonchev–Trinajstić information content (AvgIpc) is 3.18. The van der Waals surface area contributed by atoms with Crippen LogP contribution in [0.2, 0.25) is 0 Å². The van der Waals surface area contributed by atoms with Gasteiger partial charge in [0.2, 0.25) is 0 Å². The third-order valence-corrected chi connectivity index (χ3v) is 10.8. The fourth-order valence-corrected chi connectivity index (χ4v) is 7.08. The van der Waals surface area contributed by atoms with Crippen LogP contribution < -0.4 is 0 Å². The second kappa shape index (κ2) is 44.9. The van der Waals surface area contributed by atoms with Crippen LogP contribution in [-0.4, -0.2) is 37.2 Å². The Morgan fingerprint density at radius 1 is 0.345 bits per heavy atom. The van der Waals surface area contributed by atoms with Crippen LogP contribution in [0, 0.1) is 0 Å². The highest BCUT2D eigenvalue weighted by atomic mass is 16.6. The number of carbonyl (C=O) groups excluding carboxylic acids is 3. The van der Waals surface area contributed by atoms with E-state index in [1.54, 1.807) is 0 Å². The lowest BCUT2D eigenvalue weighted by atomic mass is 10.1. The number of esters is 3. The molecule has 6 nitrogen and oxygen atoms in total. The Morgan fingerprint density at radius 3 is 0.909 bits per heavy atom. The minimum Gasteiger partial charge on any atom is -0.462 e. The minimum absolute atomic E-state index is 0.0674. The van der Waals surface area contributed by atoms with Gasteiger partial charge < -0.3 is 14.2 Å². The van der Waals surface area contributed by atoms with Crippen LogP contribution in [0.25, 0.3) is 0 Å². The average molecular weight is 777 g/mol. The van der Waals surface area contributed by atoms with Gasteiger partial charge in [-0.1, -0.05) is 213 Å². The van der Waals surface area contributed by atoms with Crippen LogP contribution in [0.15, 0.2) is 12.2 Å². The number of hydrogen-bond acceptors (Lipinski definition) is 6. The summed E-state index contributed by atoms with van der Waals surface area (Å²) in [5.74, 6) is -0.867. The van der Waals surface area contributed by atoms with Crippen molar-refractivity contribution in [3.8, 4) is 0 Å². The highest BCUT2D eigenvalue weighted by molar-refractivity contribution is 5.71. The quantitative estimate of drug-likeness (QED) is 0.0265. The maximum atomic E-state index is 12.7. The third kappa shape index (κ3) is 43.1. The van der Waals surface area contributed by atoms with Crippen molar-refractivity contribution in [1.82, 2.24) is 0 Å². The van der Waals surface area contributed by atoms with E-state index in [0.29, 0.717) is 19.3 Å². The van der Waals surface area contributed by atoms with Gasteiger partial charge in [0.1, 0.15) is 13.2 Å². The molecule has 0 bridgehead atoms. The van der Waals surface area contributed by atoms with Crippen molar-refractivity contribution < 1.29 is 28.6 Å². The number of unbranched alkanes of at least 4 members (excludes halogenated alkanes) is 31. The summed E-state index contributed by atoms with van der Waals surface area (Å²) in [6, 6.07) is 0. The fraction of sp³-hybridized carbons (Fsp3) is 0.898. The van der Waals surface area contributed by atoms with Gasteiger partial charge in [0.25, 0.3) is 0 Å². The first kappa shape index (κ1) is 53.1. The van der Waals surface area contributed by atoms with Gasteiger partial charge >= 0.3 is 17.9 Å². The molecule has 324 valence electrons. The lowest BCUT2D eigenvalue weighted by Gasteiger charge is -2.18. The molecular formula is C49H92O6. The van der Waals surface area contributed by atoms with Crippen molar-refractivity contribution in [2.45, 2.75) is 271 Å². The van der Waals surface area contributed by atoms with E-state index in [0.717, 1.165) is 57.8 Å². The molecule has 55 heavy (non-hydrogen) atoms. The van der Waals surface area contributed by atoms with Crippen molar-refractivity contribution in [2.24, 2.45) is 0 Å². The van der Waals surface area contributed by atoms with Crippen molar-refractivity contribution in [3.05, 3.63) is 12.2 Å². The van der Waals surface area contributed by atoms with E-state index in [4.69, 9.17) is 14.2 Å². The van der Waals surface area contributed by atoms with E-state index in [1.165, 1.54) is 167 Å². The zero-order valence-electron chi connectivity index (χ0n) is 37.0. The van der Waals surface area contributed by atoms with E-state index >= 15 is 0 Å². The fourth-order valence-electron chi connectivity index (χ4n) is 7.08.